The molecule has 0 heterocycles. The number of amides is 1. The second-order valence-electron chi connectivity index (χ2n) is 6.05. The first-order chi connectivity index (χ1) is 9.72. The predicted octanol–water partition coefficient (Wildman–Crippen LogP) is 3.10. The molecule has 1 aromatic rings. The fourth-order valence-electron chi connectivity index (χ4n) is 2.28. The molecular formula is C16H26FN3O. The van der Waals surface area contributed by atoms with E-state index in [9.17, 15) is 9.18 Å². The highest BCUT2D eigenvalue weighted by Gasteiger charge is 2.22. The molecule has 3 N–H and O–H groups in total. The first kappa shape index (κ1) is 17.4. The van der Waals surface area contributed by atoms with Gasteiger partial charge in [0, 0.05) is 11.7 Å². The summed E-state index contributed by atoms with van der Waals surface area (Å²) in [6.07, 6.45) is 1.03. The van der Waals surface area contributed by atoms with Crippen LogP contribution in [0.5, 0.6) is 0 Å². The van der Waals surface area contributed by atoms with Crippen LogP contribution >= 0.6 is 0 Å². The molecule has 4 nitrogen and oxygen atoms in total. The van der Waals surface area contributed by atoms with E-state index in [4.69, 9.17) is 5.73 Å². The van der Waals surface area contributed by atoms with E-state index in [0.717, 1.165) is 6.42 Å². The summed E-state index contributed by atoms with van der Waals surface area (Å²) in [5.41, 5.74) is 6.04. The quantitative estimate of drug-likeness (QED) is 0.793. The van der Waals surface area contributed by atoms with Gasteiger partial charge in [0.1, 0.15) is 5.82 Å². The molecule has 2 atom stereocenters. The summed E-state index contributed by atoms with van der Waals surface area (Å²) in [7, 11) is 1.94. The average Bonchev–Trinajstić information content (AvgIpc) is 2.40. The zero-order chi connectivity index (χ0) is 16.2. The van der Waals surface area contributed by atoms with E-state index < -0.39 is 5.82 Å². The van der Waals surface area contributed by atoms with E-state index >= 15 is 0 Å². The summed E-state index contributed by atoms with van der Waals surface area (Å²) in [5.74, 6) is -0.0301. The third-order valence-electron chi connectivity index (χ3n) is 3.76. The summed E-state index contributed by atoms with van der Waals surface area (Å²) in [5, 5.41) is 2.77. The van der Waals surface area contributed by atoms with Crippen LogP contribution in [0.3, 0.4) is 0 Å². The largest absolute Gasteiger partial charge is 0.396 e. The van der Waals surface area contributed by atoms with Crippen molar-refractivity contribution in [2.75, 3.05) is 18.1 Å². The number of nitrogen functional groups attached to an aromatic ring is 1. The van der Waals surface area contributed by atoms with Gasteiger partial charge in [0.15, 0.2) is 0 Å². The van der Waals surface area contributed by atoms with E-state index in [0.29, 0.717) is 17.6 Å². The number of carbonyl (C=O) groups is 1. The van der Waals surface area contributed by atoms with Crippen LogP contribution in [0.2, 0.25) is 0 Å². The topological polar surface area (TPSA) is 58.4 Å². The molecule has 0 bridgehead atoms. The lowest BCUT2D eigenvalue weighted by atomic mass is 10.0. The lowest BCUT2D eigenvalue weighted by Crippen LogP contribution is -2.44. The number of benzene rings is 1. The molecule has 1 rings (SSSR count). The smallest absolute Gasteiger partial charge is 0.241 e. The molecule has 0 aliphatic heterocycles. The van der Waals surface area contributed by atoms with Crippen molar-refractivity contribution in [1.82, 2.24) is 4.90 Å². The fraction of sp³-hybridized carbons (Fsp3) is 0.562. The molecule has 0 aromatic heterocycles. The van der Waals surface area contributed by atoms with Crippen LogP contribution in [0.15, 0.2) is 18.2 Å². The standard InChI is InChI=1S/C16H26FN3O/c1-10(2)8-11(3)20(5)12(4)16(21)19-13-6-7-14(17)15(18)9-13/h6-7,9-12H,8,18H2,1-5H3,(H,19,21). The molecule has 0 aliphatic carbocycles. The van der Waals surface area contributed by atoms with E-state index in [1.807, 2.05) is 18.9 Å². The molecule has 118 valence electrons. The molecule has 1 aromatic carbocycles. The van der Waals surface area contributed by atoms with Crippen molar-refractivity contribution in [2.24, 2.45) is 5.92 Å². The number of hydrogen-bond acceptors (Lipinski definition) is 3. The summed E-state index contributed by atoms with van der Waals surface area (Å²) in [6, 6.07) is 4.22. The van der Waals surface area contributed by atoms with Crippen molar-refractivity contribution in [2.45, 2.75) is 46.2 Å². The van der Waals surface area contributed by atoms with Gasteiger partial charge in [0.05, 0.1) is 11.7 Å². The van der Waals surface area contributed by atoms with Gasteiger partial charge in [-0.2, -0.15) is 0 Å². The summed E-state index contributed by atoms with van der Waals surface area (Å²) in [6.45, 7) is 8.30. The first-order valence-electron chi connectivity index (χ1n) is 7.30. The number of rotatable bonds is 6. The van der Waals surface area contributed by atoms with Gasteiger partial charge in [0.25, 0.3) is 0 Å². The van der Waals surface area contributed by atoms with Crippen molar-refractivity contribution in [1.29, 1.82) is 0 Å². The molecule has 0 saturated carbocycles. The van der Waals surface area contributed by atoms with Crippen LogP contribution in [0.4, 0.5) is 15.8 Å². The second-order valence-corrected chi connectivity index (χ2v) is 6.05. The zero-order valence-electron chi connectivity index (χ0n) is 13.5. The second kappa shape index (κ2) is 7.41. The van der Waals surface area contributed by atoms with Crippen molar-refractivity contribution >= 4 is 17.3 Å². The number of hydrogen-bond donors (Lipinski definition) is 2. The molecule has 0 fully saturated rings. The van der Waals surface area contributed by atoms with Crippen LogP contribution in [0.25, 0.3) is 0 Å². The number of halogens is 1. The molecular weight excluding hydrogens is 269 g/mol. The van der Waals surface area contributed by atoms with Gasteiger partial charge in [0.2, 0.25) is 5.91 Å². The molecule has 0 radical (unpaired) electrons. The van der Waals surface area contributed by atoms with E-state index in [-0.39, 0.29) is 17.6 Å². The minimum Gasteiger partial charge on any atom is -0.396 e. The molecule has 5 heteroatoms. The Morgan fingerprint density at radius 3 is 2.48 bits per heavy atom. The van der Waals surface area contributed by atoms with Crippen LogP contribution in [0.1, 0.15) is 34.1 Å². The van der Waals surface area contributed by atoms with Crippen LogP contribution in [-0.4, -0.2) is 29.9 Å². The summed E-state index contributed by atoms with van der Waals surface area (Å²) < 4.78 is 13.1. The Bertz CT molecular complexity index is 490. The van der Waals surface area contributed by atoms with Crippen LogP contribution < -0.4 is 11.1 Å². The van der Waals surface area contributed by atoms with Gasteiger partial charge in [-0.25, -0.2) is 4.39 Å². The van der Waals surface area contributed by atoms with E-state index in [1.54, 1.807) is 0 Å². The van der Waals surface area contributed by atoms with E-state index in [2.05, 4.69) is 26.1 Å². The lowest BCUT2D eigenvalue weighted by Gasteiger charge is -2.31. The third kappa shape index (κ3) is 5.01. The Morgan fingerprint density at radius 2 is 1.95 bits per heavy atom. The number of nitrogens with zero attached hydrogens (tertiary/aromatic N) is 1. The van der Waals surface area contributed by atoms with Gasteiger partial charge in [-0.3, -0.25) is 9.69 Å². The highest BCUT2D eigenvalue weighted by Crippen LogP contribution is 2.18. The molecule has 0 aliphatic rings. The Labute approximate surface area is 126 Å². The summed E-state index contributed by atoms with van der Waals surface area (Å²) in [4.78, 5) is 14.3. The van der Waals surface area contributed by atoms with Crippen molar-refractivity contribution in [3.8, 4) is 0 Å². The Morgan fingerprint density at radius 1 is 1.33 bits per heavy atom. The molecule has 21 heavy (non-hydrogen) atoms. The highest BCUT2D eigenvalue weighted by molar-refractivity contribution is 5.94. The predicted molar refractivity (Wildman–Crippen MR) is 85.6 cm³/mol. The minimum absolute atomic E-state index is 0.0296. The zero-order valence-corrected chi connectivity index (χ0v) is 13.5. The van der Waals surface area contributed by atoms with Crippen LogP contribution in [-0.2, 0) is 4.79 Å². The Balaban J connectivity index is 2.67. The molecule has 1 amide bonds. The van der Waals surface area contributed by atoms with Crippen molar-refractivity contribution in [3.63, 3.8) is 0 Å². The number of anilines is 2. The first-order valence-corrected chi connectivity index (χ1v) is 7.30. The van der Waals surface area contributed by atoms with E-state index in [1.165, 1.54) is 18.2 Å². The monoisotopic (exact) mass is 295 g/mol. The van der Waals surface area contributed by atoms with Gasteiger partial charge in [-0.1, -0.05) is 13.8 Å². The highest BCUT2D eigenvalue weighted by atomic mass is 19.1. The number of carbonyl (C=O) groups excluding carboxylic acids is 1. The average molecular weight is 295 g/mol. The number of nitrogens with two attached hydrogens (primary N) is 1. The van der Waals surface area contributed by atoms with Gasteiger partial charge in [-0.05, 0) is 51.4 Å². The molecule has 2 unspecified atom stereocenters. The Hall–Kier alpha value is -1.62. The maximum Gasteiger partial charge on any atom is 0.241 e. The van der Waals surface area contributed by atoms with Crippen molar-refractivity contribution < 1.29 is 9.18 Å². The normalized spacial score (nSPS) is 14.3. The number of likely N-dealkylation sites (N-methyl/N-ethyl adjacent to an activating group) is 1. The Kier molecular flexibility index (Phi) is 6.15. The van der Waals surface area contributed by atoms with Crippen LogP contribution in [0, 0.1) is 11.7 Å². The van der Waals surface area contributed by atoms with Gasteiger partial charge >= 0.3 is 0 Å². The summed E-state index contributed by atoms with van der Waals surface area (Å²) >= 11 is 0. The van der Waals surface area contributed by atoms with Gasteiger partial charge < -0.3 is 11.1 Å². The maximum absolute atomic E-state index is 13.1. The molecule has 0 spiro atoms. The fourth-order valence-corrected chi connectivity index (χ4v) is 2.28. The van der Waals surface area contributed by atoms with Crippen molar-refractivity contribution in [3.05, 3.63) is 24.0 Å². The molecule has 0 saturated heterocycles. The lowest BCUT2D eigenvalue weighted by molar-refractivity contribution is -0.121. The van der Waals surface area contributed by atoms with Gasteiger partial charge in [-0.15, -0.1) is 0 Å². The minimum atomic E-state index is -0.483. The number of nitrogens with one attached hydrogen (secondary N) is 1. The maximum atomic E-state index is 13.1. The third-order valence-corrected chi connectivity index (χ3v) is 3.76. The SMILES string of the molecule is CC(C)CC(C)N(C)C(C)C(=O)Nc1ccc(F)c(N)c1.